The molecule has 0 unspecified atom stereocenters. The number of benzene rings is 1. The van der Waals surface area contributed by atoms with Gasteiger partial charge in [-0.2, -0.15) is 0 Å². The lowest BCUT2D eigenvalue weighted by Gasteiger charge is -2.18. The maximum Gasteiger partial charge on any atom is 0.260 e. The zero-order valence-corrected chi connectivity index (χ0v) is 13.7. The van der Waals surface area contributed by atoms with Crippen molar-refractivity contribution in [2.75, 3.05) is 25.5 Å². The first-order valence-corrected chi connectivity index (χ1v) is 7.75. The second-order valence-corrected chi connectivity index (χ2v) is 5.73. The van der Waals surface area contributed by atoms with Crippen LogP contribution in [0.3, 0.4) is 0 Å². The molecular weight excluding hydrogens is 324 g/mol. The number of rotatable bonds is 3. The Kier molecular flexibility index (Phi) is 3.45. The fourth-order valence-corrected chi connectivity index (χ4v) is 2.99. The molecule has 0 atom stereocenters. The minimum absolute atomic E-state index is 0.00321. The van der Waals surface area contributed by atoms with Gasteiger partial charge < -0.3 is 24.5 Å². The number of phenols is 1. The van der Waals surface area contributed by atoms with Gasteiger partial charge in [-0.3, -0.25) is 9.79 Å². The van der Waals surface area contributed by atoms with Crippen molar-refractivity contribution in [2.45, 2.75) is 6.92 Å². The highest BCUT2D eigenvalue weighted by atomic mass is 16.5. The van der Waals surface area contributed by atoms with Crippen LogP contribution in [0, 0.1) is 6.92 Å². The van der Waals surface area contributed by atoms with E-state index in [1.165, 1.54) is 19.2 Å². The molecule has 4 rings (SSSR count). The Morgan fingerprint density at radius 2 is 2.24 bits per heavy atom. The number of methoxy groups -OCH3 is 1. The van der Waals surface area contributed by atoms with Crippen LogP contribution in [-0.2, 0) is 0 Å². The van der Waals surface area contributed by atoms with E-state index in [0.717, 1.165) is 6.54 Å². The average Bonchev–Trinajstić information content (AvgIpc) is 3.16. The number of carbonyl (C=O) groups is 1. The number of amidine groups is 1. The normalized spacial score (nSPS) is 14.8. The number of fused-ring (bicyclic) bond motifs is 3. The molecule has 0 bridgehead atoms. The van der Waals surface area contributed by atoms with Gasteiger partial charge in [-0.15, -0.1) is 0 Å². The van der Waals surface area contributed by atoms with Crippen molar-refractivity contribution in [3.8, 4) is 11.5 Å². The second kappa shape index (κ2) is 5.66. The number of phenolic OH excluding ortho intramolecular Hbond substituents is 1. The van der Waals surface area contributed by atoms with E-state index in [0.29, 0.717) is 46.6 Å². The summed E-state index contributed by atoms with van der Waals surface area (Å²) in [5.74, 6) is 1.62. The minimum atomic E-state index is -0.359. The number of carbonyl (C=O) groups excluding carboxylic acids is 1. The molecule has 0 fully saturated rings. The number of ether oxygens (including phenoxy) is 1. The molecule has 1 aromatic heterocycles. The Balaban J connectivity index is 1.72. The van der Waals surface area contributed by atoms with Gasteiger partial charge in [0.15, 0.2) is 0 Å². The van der Waals surface area contributed by atoms with Crippen LogP contribution in [0.15, 0.2) is 32.6 Å². The first-order valence-electron chi connectivity index (χ1n) is 7.75. The molecular formula is C17H16N4O4. The number of hydrogen-bond donors (Lipinski definition) is 2. The van der Waals surface area contributed by atoms with Crippen molar-refractivity contribution in [1.82, 2.24) is 4.90 Å². The summed E-state index contributed by atoms with van der Waals surface area (Å²) in [6.45, 7) is 3.09. The van der Waals surface area contributed by atoms with E-state index in [9.17, 15) is 9.90 Å². The number of furan rings is 1. The predicted molar refractivity (Wildman–Crippen MR) is 92.3 cm³/mol. The van der Waals surface area contributed by atoms with Gasteiger partial charge >= 0.3 is 0 Å². The van der Waals surface area contributed by atoms with Crippen LogP contribution in [0.4, 0.5) is 11.6 Å². The van der Waals surface area contributed by atoms with Gasteiger partial charge in [0.2, 0.25) is 5.88 Å². The smallest absolute Gasteiger partial charge is 0.260 e. The monoisotopic (exact) mass is 340 g/mol. The topological polar surface area (TPSA) is 99.7 Å². The number of nitrogens with zero attached hydrogens (tertiary/aromatic N) is 3. The molecule has 0 spiro atoms. The summed E-state index contributed by atoms with van der Waals surface area (Å²) in [4.78, 5) is 23.5. The summed E-state index contributed by atoms with van der Waals surface area (Å²) in [6.07, 6.45) is 1.67. The quantitative estimate of drug-likeness (QED) is 0.893. The first kappa shape index (κ1) is 15.3. The third-order valence-electron chi connectivity index (χ3n) is 4.09. The van der Waals surface area contributed by atoms with E-state index in [1.54, 1.807) is 19.3 Å². The summed E-state index contributed by atoms with van der Waals surface area (Å²) < 4.78 is 10.7. The molecule has 2 aliphatic rings. The molecule has 25 heavy (non-hydrogen) atoms. The van der Waals surface area contributed by atoms with Crippen LogP contribution >= 0.6 is 0 Å². The van der Waals surface area contributed by atoms with Gasteiger partial charge in [0.05, 0.1) is 24.8 Å². The van der Waals surface area contributed by atoms with Gasteiger partial charge in [0.1, 0.15) is 29.4 Å². The van der Waals surface area contributed by atoms with E-state index in [1.807, 2.05) is 4.90 Å². The Hall–Kier alpha value is -3.29. The third kappa shape index (κ3) is 2.51. The third-order valence-corrected chi connectivity index (χ3v) is 4.09. The number of nitrogens with one attached hydrogen (secondary N) is 1. The summed E-state index contributed by atoms with van der Waals surface area (Å²) in [5, 5.41) is 12.5. The average molecular weight is 340 g/mol. The lowest BCUT2D eigenvalue weighted by Crippen LogP contribution is -2.30. The molecule has 2 aromatic rings. The van der Waals surface area contributed by atoms with Gasteiger partial charge in [-0.25, -0.2) is 4.99 Å². The predicted octanol–water partition coefficient (Wildman–Crippen LogP) is 2.29. The van der Waals surface area contributed by atoms with Crippen LogP contribution in [0.2, 0.25) is 0 Å². The van der Waals surface area contributed by atoms with E-state index in [-0.39, 0.29) is 11.7 Å². The maximum absolute atomic E-state index is 12.8. The molecule has 1 amide bonds. The molecule has 0 saturated heterocycles. The standard InChI is InChI=1S/C17H16N4O4/c1-9-13(14-15-18-3-4-21(15)8-19-17(14)25-9)16(23)20-10-5-11(22)7-12(6-10)24-2/h5-8,22H,3-4H2,1-2H3,(H,20,23). The first-order chi connectivity index (χ1) is 12.1. The molecule has 3 heterocycles. The van der Waals surface area contributed by atoms with Gasteiger partial charge in [-0.1, -0.05) is 0 Å². The molecule has 0 radical (unpaired) electrons. The largest absolute Gasteiger partial charge is 0.508 e. The van der Waals surface area contributed by atoms with E-state index in [2.05, 4.69) is 15.3 Å². The number of aryl methyl sites for hydroxylation is 1. The van der Waals surface area contributed by atoms with Crippen molar-refractivity contribution in [3.63, 3.8) is 0 Å². The van der Waals surface area contributed by atoms with Gasteiger partial charge in [0, 0.05) is 30.4 Å². The molecule has 8 heteroatoms. The Labute approximate surface area is 143 Å². The van der Waals surface area contributed by atoms with Gasteiger partial charge in [0.25, 0.3) is 5.91 Å². The van der Waals surface area contributed by atoms with Crippen LogP contribution in [0.5, 0.6) is 11.5 Å². The number of amides is 1. The van der Waals surface area contributed by atoms with E-state index >= 15 is 0 Å². The molecule has 1 aromatic carbocycles. The van der Waals surface area contributed by atoms with Crippen LogP contribution < -0.4 is 10.1 Å². The van der Waals surface area contributed by atoms with Crippen molar-refractivity contribution >= 4 is 29.7 Å². The van der Waals surface area contributed by atoms with Crippen LogP contribution in [0.1, 0.15) is 21.7 Å². The number of aromatic hydroxyl groups is 1. The Morgan fingerprint density at radius 1 is 1.40 bits per heavy atom. The highest BCUT2D eigenvalue weighted by molar-refractivity contribution is 6.19. The zero-order valence-electron chi connectivity index (χ0n) is 13.7. The van der Waals surface area contributed by atoms with E-state index in [4.69, 9.17) is 9.15 Å². The van der Waals surface area contributed by atoms with Crippen molar-refractivity contribution in [1.29, 1.82) is 0 Å². The van der Waals surface area contributed by atoms with Crippen molar-refractivity contribution in [3.05, 3.63) is 35.1 Å². The van der Waals surface area contributed by atoms with Crippen molar-refractivity contribution < 1.29 is 19.1 Å². The molecule has 128 valence electrons. The van der Waals surface area contributed by atoms with E-state index < -0.39 is 0 Å². The maximum atomic E-state index is 12.8. The lowest BCUT2D eigenvalue weighted by atomic mass is 10.1. The van der Waals surface area contributed by atoms with Crippen molar-refractivity contribution in [2.24, 2.45) is 9.98 Å². The highest BCUT2D eigenvalue weighted by Crippen LogP contribution is 2.35. The zero-order chi connectivity index (χ0) is 17.6. The summed E-state index contributed by atoms with van der Waals surface area (Å²) >= 11 is 0. The highest BCUT2D eigenvalue weighted by Gasteiger charge is 2.33. The second-order valence-electron chi connectivity index (χ2n) is 5.73. The fourth-order valence-electron chi connectivity index (χ4n) is 2.99. The Bertz CT molecular complexity index is 929. The molecule has 2 aliphatic heterocycles. The molecule has 0 aliphatic carbocycles. The number of anilines is 1. The Morgan fingerprint density at radius 3 is 3.04 bits per heavy atom. The van der Waals surface area contributed by atoms with Crippen LogP contribution in [-0.4, -0.2) is 48.3 Å². The van der Waals surface area contributed by atoms with Crippen LogP contribution in [0.25, 0.3) is 0 Å². The lowest BCUT2D eigenvalue weighted by molar-refractivity contribution is 0.102. The molecule has 8 nitrogen and oxygen atoms in total. The minimum Gasteiger partial charge on any atom is -0.508 e. The fraction of sp³-hybridized carbons (Fsp3) is 0.235. The molecule has 0 saturated carbocycles. The number of hydrogen-bond acceptors (Lipinski definition) is 7. The summed E-state index contributed by atoms with van der Waals surface area (Å²) in [7, 11) is 1.49. The SMILES string of the molecule is COc1cc(O)cc(NC(=O)c2c(C)oc3c2C2=NCCN2C=N3)c1. The molecule has 2 N–H and O–H groups in total. The number of aliphatic imine (C=N–C) groups is 2. The van der Waals surface area contributed by atoms with Gasteiger partial charge in [-0.05, 0) is 6.92 Å². The summed E-state index contributed by atoms with van der Waals surface area (Å²) in [6, 6.07) is 4.53. The summed E-state index contributed by atoms with van der Waals surface area (Å²) in [5.41, 5.74) is 1.41.